The van der Waals surface area contributed by atoms with E-state index >= 15 is 0 Å². The van der Waals surface area contributed by atoms with Crippen molar-refractivity contribution in [2.24, 2.45) is 0 Å². The summed E-state index contributed by atoms with van der Waals surface area (Å²) in [6, 6.07) is 15.8. The van der Waals surface area contributed by atoms with Crippen molar-refractivity contribution in [2.75, 3.05) is 24.7 Å². The number of anilines is 1. The van der Waals surface area contributed by atoms with Crippen LogP contribution in [-0.2, 0) is 14.3 Å². The average Bonchev–Trinajstić information content (AvgIpc) is 3.08. The van der Waals surface area contributed by atoms with Crippen molar-refractivity contribution in [3.05, 3.63) is 60.4 Å². The van der Waals surface area contributed by atoms with Crippen molar-refractivity contribution in [1.29, 1.82) is 0 Å². The van der Waals surface area contributed by atoms with E-state index in [2.05, 4.69) is 0 Å². The third-order valence-corrected chi connectivity index (χ3v) is 4.38. The minimum absolute atomic E-state index is 0.124. The number of carbonyl (C=O) groups is 3. The number of para-hydroxylation sites is 3. The van der Waals surface area contributed by atoms with E-state index in [9.17, 15) is 14.4 Å². The molecule has 3 aromatic rings. The van der Waals surface area contributed by atoms with Crippen LogP contribution in [0.3, 0.4) is 0 Å². The summed E-state index contributed by atoms with van der Waals surface area (Å²) >= 11 is 0. The molecule has 0 spiro atoms. The quantitative estimate of drug-likeness (QED) is 0.500. The number of ether oxygens (including phenoxy) is 2. The summed E-state index contributed by atoms with van der Waals surface area (Å²) in [4.78, 5) is 38.1. The van der Waals surface area contributed by atoms with E-state index in [1.807, 2.05) is 12.1 Å². The number of nitrogens with zero attached hydrogens (tertiary/aromatic N) is 1. The number of carbonyl (C=O) groups excluding carboxylic acids is 3. The second kappa shape index (κ2) is 7.56. The zero-order valence-corrected chi connectivity index (χ0v) is 14.9. The van der Waals surface area contributed by atoms with Gasteiger partial charge in [0.25, 0.3) is 0 Å². The van der Waals surface area contributed by atoms with Crippen molar-refractivity contribution in [3.63, 3.8) is 0 Å². The van der Waals surface area contributed by atoms with Crippen molar-refractivity contribution in [3.8, 4) is 5.75 Å². The zero-order valence-electron chi connectivity index (χ0n) is 14.9. The highest BCUT2D eigenvalue weighted by atomic mass is 16.5. The van der Waals surface area contributed by atoms with Gasteiger partial charge < -0.3 is 13.9 Å². The highest BCUT2D eigenvalue weighted by Crippen LogP contribution is 2.30. The fourth-order valence-corrected chi connectivity index (χ4v) is 3.00. The summed E-state index contributed by atoms with van der Waals surface area (Å²) < 4.78 is 16.1. The predicted molar refractivity (Wildman–Crippen MR) is 100 cm³/mol. The fourth-order valence-electron chi connectivity index (χ4n) is 3.00. The molecule has 7 heteroatoms. The van der Waals surface area contributed by atoms with Gasteiger partial charge in [0.1, 0.15) is 17.9 Å². The molecule has 1 aromatic heterocycles. The van der Waals surface area contributed by atoms with Gasteiger partial charge in [-0.05, 0) is 24.3 Å². The van der Waals surface area contributed by atoms with E-state index < -0.39 is 18.4 Å². The molecule has 0 unspecified atom stereocenters. The van der Waals surface area contributed by atoms with Crippen LogP contribution in [0.25, 0.3) is 11.0 Å². The number of hydrogen-bond donors (Lipinski definition) is 0. The van der Waals surface area contributed by atoms with E-state index in [4.69, 9.17) is 13.9 Å². The highest BCUT2D eigenvalue weighted by molar-refractivity contribution is 6.01. The van der Waals surface area contributed by atoms with Crippen LogP contribution in [0.4, 0.5) is 5.69 Å². The van der Waals surface area contributed by atoms with Gasteiger partial charge in [0.2, 0.25) is 11.7 Å². The minimum Gasteiger partial charge on any atom is -0.491 e. The Morgan fingerprint density at radius 2 is 1.86 bits per heavy atom. The van der Waals surface area contributed by atoms with Gasteiger partial charge in [-0.25, -0.2) is 0 Å². The number of amides is 1. The molecule has 7 nitrogen and oxygen atoms in total. The van der Waals surface area contributed by atoms with E-state index in [0.717, 1.165) is 5.39 Å². The summed E-state index contributed by atoms with van der Waals surface area (Å²) in [7, 11) is 0. The third-order valence-electron chi connectivity index (χ3n) is 4.38. The largest absolute Gasteiger partial charge is 0.491 e. The lowest BCUT2D eigenvalue weighted by atomic mass is 10.2. The van der Waals surface area contributed by atoms with Gasteiger partial charge in [0.15, 0.2) is 12.4 Å². The summed E-state index contributed by atoms with van der Waals surface area (Å²) in [6.45, 7) is -0.516. The van der Waals surface area contributed by atoms with Crippen molar-refractivity contribution in [2.45, 2.75) is 6.42 Å². The van der Waals surface area contributed by atoms with Gasteiger partial charge in [-0.3, -0.25) is 19.3 Å². The number of hydrogen-bond acceptors (Lipinski definition) is 6. The molecule has 0 saturated heterocycles. The van der Waals surface area contributed by atoms with Crippen LogP contribution < -0.4 is 9.64 Å². The smallest absolute Gasteiger partial charge is 0.326 e. The molecule has 2 aromatic carbocycles. The summed E-state index contributed by atoms with van der Waals surface area (Å²) in [6.07, 6.45) is 0.153. The van der Waals surface area contributed by atoms with E-state index in [1.165, 1.54) is 4.90 Å². The molecule has 0 bridgehead atoms. The summed E-state index contributed by atoms with van der Waals surface area (Å²) in [5, 5.41) is 0.795. The molecular weight excluding hydrogens is 362 g/mol. The molecule has 0 N–H and O–H groups in total. The maximum absolute atomic E-state index is 12.3. The number of rotatable bonds is 5. The number of ketones is 1. The Morgan fingerprint density at radius 1 is 1.07 bits per heavy atom. The maximum atomic E-state index is 12.3. The van der Waals surface area contributed by atoms with Crippen LogP contribution in [0.1, 0.15) is 17.0 Å². The SMILES string of the molecule is O=C(CN1C(=O)CCOc2ccccc21)OCC(=O)c1cc2ccccc2o1. The van der Waals surface area contributed by atoms with E-state index in [0.29, 0.717) is 17.0 Å². The predicted octanol–water partition coefficient (Wildman–Crippen LogP) is 2.97. The Morgan fingerprint density at radius 3 is 2.71 bits per heavy atom. The first-order valence-electron chi connectivity index (χ1n) is 8.81. The second-order valence-electron chi connectivity index (χ2n) is 6.28. The van der Waals surface area contributed by atoms with Crippen LogP contribution in [-0.4, -0.2) is 37.4 Å². The lowest BCUT2D eigenvalue weighted by Gasteiger charge is -2.20. The number of Topliss-reactive ketones (excluding diaryl/α,β-unsaturated/α-hetero) is 1. The zero-order chi connectivity index (χ0) is 19.5. The van der Waals surface area contributed by atoms with E-state index in [1.54, 1.807) is 42.5 Å². The van der Waals surface area contributed by atoms with Crippen LogP contribution in [0.5, 0.6) is 5.75 Å². The molecule has 2 heterocycles. The van der Waals surface area contributed by atoms with E-state index in [-0.39, 0.29) is 31.2 Å². The van der Waals surface area contributed by atoms with Gasteiger partial charge >= 0.3 is 5.97 Å². The number of benzene rings is 2. The molecule has 1 aliphatic rings. The topological polar surface area (TPSA) is 86.0 Å². The average molecular weight is 379 g/mol. The Labute approximate surface area is 160 Å². The number of esters is 1. The first-order valence-corrected chi connectivity index (χ1v) is 8.81. The second-order valence-corrected chi connectivity index (χ2v) is 6.28. The van der Waals surface area contributed by atoms with Crippen LogP contribution >= 0.6 is 0 Å². The van der Waals surface area contributed by atoms with Crippen molar-refractivity contribution < 1.29 is 28.3 Å². The molecule has 0 radical (unpaired) electrons. The lowest BCUT2D eigenvalue weighted by molar-refractivity contribution is -0.141. The van der Waals surface area contributed by atoms with Crippen LogP contribution in [0.2, 0.25) is 0 Å². The Hall–Kier alpha value is -3.61. The first kappa shape index (κ1) is 17.8. The minimum atomic E-state index is -0.686. The fraction of sp³-hybridized carbons (Fsp3) is 0.190. The molecule has 0 saturated carbocycles. The van der Waals surface area contributed by atoms with Crippen molar-refractivity contribution >= 4 is 34.3 Å². The summed E-state index contributed by atoms with van der Waals surface area (Å²) in [5.41, 5.74) is 1.09. The monoisotopic (exact) mass is 379 g/mol. The highest BCUT2D eigenvalue weighted by Gasteiger charge is 2.26. The van der Waals surface area contributed by atoms with Gasteiger partial charge in [0, 0.05) is 5.39 Å². The molecule has 0 aliphatic carbocycles. The van der Waals surface area contributed by atoms with Gasteiger partial charge in [-0.15, -0.1) is 0 Å². The molecule has 0 fully saturated rings. The molecule has 142 valence electrons. The molecule has 1 aliphatic heterocycles. The Balaban J connectivity index is 1.41. The first-order chi connectivity index (χ1) is 13.6. The van der Waals surface area contributed by atoms with Gasteiger partial charge in [0.05, 0.1) is 18.7 Å². The number of furan rings is 1. The standard InChI is InChI=1S/C21H17NO6/c23-16(19-11-14-5-1-3-7-17(14)28-19)13-27-21(25)12-22-15-6-2-4-8-18(15)26-10-9-20(22)24/h1-8,11H,9-10,12-13H2. The maximum Gasteiger partial charge on any atom is 0.326 e. The third kappa shape index (κ3) is 3.59. The van der Waals surface area contributed by atoms with Gasteiger partial charge in [-0.1, -0.05) is 30.3 Å². The Kier molecular flexibility index (Phi) is 4.80. The normalized spacial score (nSPS) is 13.6. The Bertz CT molecular complexity index is 1020. The lowest BCUT2D eigenvalue weighted by Crippen LogP contribution is -2.36. The molecule has 0 atom stereocenters. The van der Waals surface area contributed by atoms with Gasteiger partial charge in [-0.2, -0.15) is 0 Å². The molecule has 4 rings (SSSR count). The number of fused-ring (bicyclic) bond motifs is 2. The molecule has 1 amide bonds. The van der Waals surface area contributed by atoms with Crippen LogP contribution in [0, 0.1) is 0 Å². The van der Waals surface area contributed by atoms with Crippen LogP contribution in [0.15, 0.2) is 59.0 Å². The molecular formula is C21H17NO6. The van der Waals surface area contributed by atoms with Crippen molar-refractivity contribution in [1.82, 2.24) is 0 Å². The summed E-state index contributed by atoms with van der Waals surface area (Å²) in [5.74, 6) is -0.728. The molecule has 28 heavy (non-hydrogen) atoms.